The standard InChI is InChI=1S/C6H12O8S/c7-3-2(1-15(11,12)13)14-6(10)5(9)4(3)8/h2-10H,1H2,(H,11,12,13). The fraction of sp³-hybridized carbons (Fsp3) is 1.00. The highest BCUT2D eigenvalue weighted by Gasteiger charge is 2.44. The summed E-state index contributed by atoms with van der Waals surface area (Å²) in [4.78, 5) is 0. The largest absolute Gasteiger partial charge is 0.388 e. The van der Waals surface area contributed by atoms with E-state index >= 15 is 0 Å². The van der Waals surface area contributed by atoms with Gasteiger partial charge in [0.2, 0.25) is 0 Å². The molecule has 0 aromatic rings. The lowest BCUT2D eigenvalue weighted by Crippen LogP contribution is -2.59. The minimum atomic E-state index is -4.41. The van der Waals surface area contributed by atoms with E-state index < -0.39 is 46.6 Å². The van der Waals surface area contributed by atoms with Crippen LogP contribution in [0.1, 0.15) is 0 Å². The van der Waals surface area contributed by atoms with Crippen LogP contribution in [0, 0.1) is 0 Å². The Morgan fingerprint density at radius 3 is 2.00 bits per heavy atom. The third-order valence-electron chi connectivity index (χ3n) is 2.06. The first kappa shape index (κ1) is 12.8. The molecule has 1 aliphatic rings. The number of hydrogen-bond donors (Lipinski definition) is 5. The zero-order chi connectivity index (χ0) is 11.8. The minimum Gasteiger partial charge on any atom is -0.388 e. The van der Waals surface area contributed by atoms with E-state index in [1.54, 1.807) is 0 Å². The van der Waals surface area contributed by atoms with Crippen LogP contribution in [0.15, 0.2) is 0 Å². The second-order valence-electron chi connectivity index (χ2n) is 3.29. The first-order valence-electron chi connectivity index (χ1n) is 4.05. The van der Waals surface area contributed by atoms with Gasteiger partial charge in [0.1, 0.15) is 30.2 Å². The van der Waals surface area contributed by atoms with Crippen molar-refractivity contribution in [3.8, 4) is 0 Å². The first-order valence-corrected chi connectivity index (χ1v) is 5.66. The monoisotopic (exact) mass is 244 g/mol. The van der Waals surface area contributed by atoms with Gasteiger partial charge in [-0.15, -0.1) is 0 Å². The van der Waals surface area contributed by atoms with Crippen molar-refractivity contribution < 1.29 is 38.1 Å². The van der Waals surface area contributed by atoms with E-state index in [4.69, 9.17) is 19.9 Å². The van der Waals surface area contributed by atoms with Gasteiger partial charge >= 0.3 is 0 Å². The Labute approximate surface area is 85.5 Å². The molecule has 0 aromatic heterocycles. The van der Waals surface area contributed by atoms with Gasteiger partial charge in [0.15, 0.2) is 6.29 Å². The van der Waals surface area contributed by atoms with Crippen molar-refractivity contribution >= 4 is 10.1 Å². The summed E-state index contributed by atoms with van der Waals surface area (Å²) in [6, 6.07) is 0. The molecular formula is C6H12O8S. The Hall–Kier alpha value is -0.290. The van der Waals surface area contributed by atoms with Gasteiger partial charge in [0.05, 0.1) is 0 Å². The Balaban J connectivity index is 2.75. The van der Waals surface area contributed by atoms with Crippen LogP contribution in [0.5, 0.6) is 0 Å². The Morgan fingerprint density at radius 1 is 1.00 bits per heavy atom. The Kier molecular flexibility index (Phi) is 3.66. The van der Waals surface area contributed by atoms with Crippen LogP contribution < -0.4 is 0 Å². The lowest BCUT2D eigenvalue weighted by molar-refractivity contribution is -0.276. The number of aliphatic hydroxyl groups excluding tert-OH is 4. The van der Waals surface area contributed by atoms with Crippen LogP contribution >= 0.6 is 0 Å². The van der Waals surface area contributed by atoms with Crippen molar-refractivity contribution in [1.82, 2.24) is 0 Å². The second kappa shape index (κ2) is 4.29. The molecule has 1 saturated heterocycles. The molecule has 1 rings (SSSR count). The van der Waals surface area contributed by atoms with Crippen LogP contribution in [0.25, 0.3) is 0 Å². The fourth-order valence-corrected chi connectivity index (χ4v) is 1.97. The lowest BCUT2D eigenvalue weighted by atomic mass is 10.0. The zero-order valence-electron chi connectivity index (χ0n) is 7.46. The Bertz CT molecular complexity index is 313. The summed E-state index contributed by atoms with van der Waals surface area (Å²) in [5, 5.41) is 36.5. The van der Waals surface area contributed by atoms with Crippen LogP contribution in [0.3, 0.4) is 0 Å². The molecule has 0 bridgehead atoms. The summed E-state index contributed by atoms with van der Waals surface area (Å²) >= 11 is 0. The van der Waals surface area contributed by atoms with E-state index in [-0.39, 0.29) is 0 Å². The predicted octanol–water partition coefficient (Wildman–Crippen LogP) is -3.33. The molecule has 0 saturated carbocycles. The fourth-order valence-electron chi connectivity index (χ4n) is 1.28. The van der Waals surface area contributed by atoms with Crippen LogP contribution in [0.4, 0.5) is 0 Å². The number of ether oxygens (including phenoxy) is 1. The maximum Gasteiger partial charge on any atom is 0.267 e. The SMILES string of the molecule is O=S(=O)(O)CC1OC(O)C(O)C(O)C1O. The van der Waals surface area contributed by atoms with Crippen LogP contribution in [-0.4, -0.2) is 69.9 Å². The molecule has 0 aromatic carbocycles. The summed E-state index contributed by atoms with van der Waals surface area (Å²) in [5.41, 5.74) is 0. The summed E-state index contributed by atoms with van der Waals surface area (Å²) < 4.78 is 34.0. The molecule has 8 nitrogen and oxygen atoms in total. The Morgan fingerprint density at radius 2 is 1.53 bits per heavy atom. The van der Waals surface area contributed by atoms with Gasteiger partial charge in [-0.3, -0.25) is 4.55 Å². The topological polar surface area (TPSA) is 145 Å². The molecule has 9 heteroatoms. The van der Waals surface area contributed by atoms with Crippen molar-refractivity contribution in [3.05, 3.63) is 0 Å². The summed E-state index contributed by atoms with van der Waals surface area (Å²) in [6.45, 7) is 0. The quantitative estimate of drug-likeness (QED) is 0.317. The molecule has 15 heavy (non-hydrogen) atoms. The van der Waals surface area contributed by atoms with Gasteiger partial charge in [-0.05, 0) is 0 Å². The maximum atomic E-state index is 10.5. The van der Waals surface area contributed by atoms with Crippen LogP contribution in [-0.2, 0) is 14.9 Å². The van der Waals surface area contributed by atoms with Crippen molar-refractivity contribution in [2.45, 2.75) is 30.7 Å². The lowest BCUT2D eigenvalue weighted by Gasteiger charge is -2.37. The van der Waals surface area contributed by atoms with E-state index in [1.807, 2.05) is 0 Å². The number of rotatable bonds is 2. The summed E-state index contributed by atoms with van der Waals surface area (Å²) in [7, 11) is -4.41. The van der Waals surface area contributed by atoms with Crippen molar-refractivity contribution in [1.29, 1.82) is 0 Å². The summed E-state index contributed by atoms with van der Waals surface area (Å²) in [5.74, 6) is -0.977. The highest BCUT2D eigenvalue weighted by molar-refractivity contribution is 7.85. The van der Waals surface area contributed by atoms with Gasteiger partial charge in [-0.1, -0.05) is 0 Å². The molecular weight excluding hydrogens is 232 g/mol. The van der Waals surface area contributed by atoms with Gasteiger partial charge in [-0.2, -0.15) is 8.42 Å². The zero-order valence-corrected chi connectivity index (χ0v) is 8.28. The molecule has 90 valence electrons. The second-order valence-corrected chi connectivity index (χ2v) is 4.78. The predicted molar refractivity (Wildman–Crippen MR) is 45.3 cm³/mol. The van der Waals surface area contributed by atoms with Crippen molar-refractivity contribution in [2.75, 3.05) is 5.75 Å². The van der Waals surface area contributed by atoms with E-state index in [1.165, 1.54) is 0 Å². The highest BCUT2D eigenvalue weighted by atomic mass is 32.2. The smallest absolute Gasteiger partial charge is 0.267 e. The van der Waals surface area contributed by atoms with Gasteiger partial charge in [0, 0.05) is 0 Å². The average molecular weight is 244 g/mol. The van der Waals surface area contributed by atoms with E-state index in [0.29, 0.717) is 0 Å². The van der Waals surface area contributed by atoms with Crippen molar-refractivity contribution in [2.24, 2.45) is 0 Å². The molecule has 1 aliphatic heterocycles. The molecule has 1 heterocycles. The molecule has 5 N–H and O–H groups in total. The highest BCUT2D eigenvalue weighted by Crippen LogP contribution is 2.20. The summed E-state index contributed by atoms with van der Waals surface area (Å²) in [6.07, 6.45) is -8.47. The van der Waals surface area contributed by atoms with E-state index in [0.717, 1.165) is 0 Å². The molecule has 0 amide bonds. The third kappa shape index (κ3) is 3.08. The van der Waals surface area contributed by atoms with Crippen molar-refractivity contribution in [3.63, 3.8) is 0 Å². The number of hydrogen-bond acceptors (Lipinski definition) is 7. The molecule has 5 unspecified atom stereocenters. The molecule has 0 radical (unpaired) electrons. The number of aliphatic hydroxyl groups is 4. The molecule has 1 fully saturated rings. The van der Waals surface area contributed by atoms with Crippen LogP contribution in [0.2, 0.25) is 0 Å². The van der Waals surface area contributed by atoms with Gasteiger partial charge in [-0.25, -0.2) is 0 Å². The molecule has 0 spiro atoms. The van der Waals surface area contributed by atoms with Gasteiger partial charge in [0.25, 0.3) is 10.1 Å². The minimum absolute atomic E-state index is 0.977. The third-order valence-corrected chi connectivity index (χ3v) is 2.81. The average Bonchev–Trinajstić information content (AvgIpc) is 2.08. The molecule has 0 aliphatic carbocycles. The first-order chi connectivity index (χ1) is 6.72. The van der Waals surface area contributed by atoms with E-state index in [2.05, 4.69) is 4.74 Å². The van der Waals surface area contributed by atoms with E-state index in [9.17, 15) is 13.5 Å². The normalized spacial score (nSPS) is 42.9. The maximum absolute atomic E-state index is 10.5. The van der Waals surface area contributed by atoms with Gasteiger partial charge < -0.3 is 25.2 Å². The molecule has 5 atom stereocenters.